The molecule has 0 saturated carbocycles. The molecule has 25 heavy (non-hydrogen) atoms. The molecule has 1 aromatic heterocycles. The molecule has 1 heterocycles. The van der Waals surface area contributed by atoms with E-state index in [4.69, 9.17) is 9.72 Å². The van der Waals surface area contributed by atoms with Crippen LogP contribution in [-0.4, -0.2) is 11.1 Å². The van der Waals surface area contributed by atoms with Gasteiger partial charge in [-0.25, -0.2) is 4.98 Å². The lowest BCUT2D eigenvalue weighted by molar-refractivity contribution is 0.241. The molecule has 3 aromatic rings. The average Bonchev–Trinajstić information content (AvgIpc) is 3.24. The summed E-state index contributed by atoms with van der Waals surface area (Å²) in [6.07, 6.45) is 5.90. The Morgan fingerprint density at radius 2 is 2.00 bits per heavy atom. The summed E-state index contributed by atoms with van der Waals surface area (Å²) >= 11 is 1.78. The first-order valence-corrected chi connectivity index (χ1v) is 9.78. The van der Waals surface area contributed by atoms with Gasteiger partial charge < -0.3 is 4.74 Å². The predicted molar refractivity (Wildman–Crippen MR) is 106 cm³/mol. The zero-order valence-corrected chi connectivity index (χ0v) is 15.8. The zero-order valence-electron chi connectivity index (χ0n) is 15.0. The van der Waals surface area contributed by atoms with Crippen LogP contribution in [0.4, 0.5) is 0 Å². The second kappa shape index (κ2) is 6.64. The lowest BCUT2D eigenvalue weighted by Crippen LogP contribution is -2.06. The predicted octanol–water partition coefficient (Wildman–Crippen LogP) is 6.06. The largest absolute Gasteiger partial charge is 0.491 e. The van der Waals surface area contributed by atoms with Crippen molar-refractivity contribution >= 4 is 11.3 Å². The Bertz CT molecular complexity index is 910. The van der Waals surface area contributed by atoms with Crippen LogP contribution in [0.1, 0.15) is 37.0 Å². The first-order chi connectivity index (χ1) is 12.1. The number of fused-ring (bicyclic) bond motifs is 1. The van der Waals surface area contributed by atoms with Crippen LogP contribution < -0.4 is 4.74 Å². The molecule has 0 atom stereocenters. The quantitative estimate of drug-likeness (QED) is 0.571. The van der Waals surface area contributed by atoms with E-state index in [1.807, 2.05) is 6.20 Å². The molecule has 0 N–H and O–H groups in total. The van der Waals surface area contributed by atoms with Gasteiger partial charge in [0.05, 0.1) is 11.0 Å². The molecule has 0 saturated heterocycles. The van der Waals surface area contributed by atoms with Crippen molar-refractivity contribution in [3.8, 4) is 26.8 Å². The highest BCUT2D eigenvalue weighted by atomic mass is 32.1. The Hall–Kier alpha value is -2.13. The fourth-order valence-electron chi connectivity index (χ4n) is 3.55. The summed E-state index contributed by atoms with van der Waals surface area (Å²) in [5.74, 6) is 0.955. The molecule has 0 aliphatic heterocycles. The lowest BCUT2D eigenvalue weighted by atomic mass is 10.0. The summed E-state index contributed by atoms with van der Waals surface area (Å²) < 4.78 is 5.84. The van der Waals surface area contributed by atoms with Crippen molar-refractivity contribution < 1.29 is 4.74 Å². The topological polar surface area (TPSA) is 22.1 Å². The molecule has 0 radical (unpaired) electrons. The molecule has 0 amide bonds. The molecule has 3 heteroatoms. The normalized spacial score (nSPS) is 13.3. The maximum atomic E-state index is 5.84. The van der Waals surface area contributed by atoms with Crippen LogP contribution in [0, 0.1) is 6.92 Å². The van der Waals surface area contributed by atoms with Crippen molar-refractivity contribution in [2.45, 2.75) is 46.1 Å². The summed E-state index contributed by atoms with van der Waals surface area (Å²) in [6, 6.07) is 13.0. The minimum Gasteiger partial charge on any atom is -0.491 e. The van der Waals surface area contributed by atoms with Crippen LogP contribution >= 0.6 is 11.3 Å². The zero-order chi connectivity index (χ0) is 17.4. The standard InChI is InChI=1S/C22H23NOS/c1-14(2)24-20-11-10-17(12-15(20)3)22-23-13-21(25-22)19-9-5-7-16-6-4-8-18(16)19/h5,7,9-14H,4,6,8H2,1-3H3. The van der Waals surface area contributed by atoms with Crippen molar-refractivity contribution in [1.29, 1.82) is 0 Å². The Morgan fingerprint density at radius 1 is 1.12 bits per heavy atom. The number of hydrogen-bond acceptors (Lipinski definition) is 3. The summed E-state index contributed by atoms with van der Waals surface area (Å²) in [4.78, 5) is 5.97. The van der Waals surface area contributed by atoms with E-state index in [0.29, 0.717) is 0 Å². The van der Waals surface area contributed by atoms with Gasteiger partial charge in [-0.1, -0.05) is 18.2 Å². The van der Waals surface area contributed by atoms with Gasteiger partial charge >= 0.3 is 0 Å². The van der Waals surface area contributed by atoms with Crippen LogP contribution in [0.2, 0.25) is 0 Å². The number of ether oxygens (including phenoxy) is 1. The van der Waals surface area contributed by atoms with Crippen molar-refractivity contribution in [2.24, 2.45) is 0 Å². The van der Waals surface area contributed by atoms with Crippen LogP contribution in [0.3, 0.4) is 0 Å². The summed E-state index contributed by atoms with van der Waals surface area (Å²) in [7, 11) is 0. The smallest absolute Gasteiger partial charge is 0.123 e. The molecule has 1 aliphatic rings. The van der Waals surface area contributed by atoms with Gasteiger partial charge in [-0.05, 0) is 80.5 Å². The van der Waals surface area contributed by atoms with Crippen molar-refractivity contribution in [1.82, 2.24) is 4.98 Å². The van der Waals surface area contributed by atoms with E-state index in [1.54, 1.807) is 11.3 Å². The van der Waals surface area contributed by atoms with E-state index in [0.717, 1.165) is 21.9 Å². The lowest BCUT2D eigenvalue weighted by Gasteiger charge is -2.12. The number of aromatic nitrogens is 1. The number of rotatable bonds is 4. The van der Waals surface area contributed by atoms with E-state index in [1.165, 1.54) is 40.8 Å². The van der Waals surface area contributed by atoms with Gasteiger partial charge in [0.25, 0.3) is 0 Å². The second-order valence-corrected chi connectivity index (χ2v) is 8.00. The maximum Gasteiger partial charge on any atom is 0.123 e. The highest BCUT2D eigenvalue weighted by Crippen LogP contribution is 2.38. The van der Waals surface area contributed by atoms with Gasteiger partial charge in [-0.2, -0.15) is 0 Å². The third-order valence-electron chi connectivity index (χ3n) is 4.70. The van der Waals surface area contributed by atoms with Crippen molar-refractivity contribution in [3.63, 3.8) is 0 Å². The summed E-state index contributed by atoms with van der Waals surface area (Å²) in [5.41, 5.74) is 6.73. The molecule has 128 valence electrons. The SMILES string of the molecule is Cc1cc(-c2ncc(-c3cccc4c3CCC4)s2)ccc1OC(C)C. The number of benzene rings is 2. The van der Waals surface area contributed by atoms with Gasteiger partial charge in [0.2, 0.25) is 0 Å². The highest BCUT2D eigenvalue weighted by molar-refractivity contribution is 7.18. The van der Waals surface area contributed by atoms with Crippen LogP contribution in [0.5, 0.6) is 5.75 Å². The van der Waals surface area contributed by atoms with Gasteiger partial charge in [-0.15, -0.1) is 11.3 Å². The van der Waals surface area contributed by atoms with Crippen molar-refractivity contribution in [3.05, 3.63) is 59.3 Å². The Balaban J connectivity index is 1.66. The molecule has 2 aromatic carbocycles. The Kier molecular flexibility index (Phi) is 4.34. The first kappa shape index (κ1) is 16.3. The highest BCUT2D eigenvalue weighted by Gasteiger charge is 2.17. The minimum absolute atomic E-state index is 0.191. The van der Waals surface area contributed by atoms with E-state index < -0.39 is 0 Å². The Morgan fingerprint density at radius 3 is 2.80 bits per heavy atom. The van der Waals surface area contributed by atoms with E-state index in [9.17, 15) is 0 Å². The van der Waals surface area contributed by atoms with Crippen LogP contribution in [0.15, 0.2) is 42.6 Å². The molecule has 4 rings (SSSR count). The van der Waals surface area contributed by atoms with Gasteiger partial charge in [0.15, 0.2) is 0 Å². The number of nitrogens with zero attached hydrogens (tertiary/aromatic N) is 1. The molecule has 2 nitrogen and oxygen atoms in total. The van der Waals surface area contributed by atoms with Gasteiger partial charge in [0.1, 0.15) is 10.8 Å². The third-order valence-corrected chi connectivity index (χ3v) is 5.78. The molecule has 0 fully saturated rings. The number of hydrogen-bond donors (Lipinski definition) is 0. The first-order valence-electron chi connectivity index (χ1n) is 8.96. The monoisotopic (exact) mass is 349 g/mol. The van der Waals surface area contributed by atoms with Gasteiger partial charge in [-0.3, -0.25) is 0 Å². The molecule has 1 aliphatic carbocycles. The maximum absolute atomic E-state index is 5.84. The molecule has 0 unspecified atom stereocenters. The fourth-order valence-corrected chi connectivity index (χ4v) is 4.52. The number of thiazole rings is 1. The molecule has 0 spiro atoms. The van der Waals surface area contributed by atoms with Gasteiger partial charge in [0, 0.05) is 11.8 Å². The fraction of sp³-hybridized carbons (Fsp3) is 0.318. The van der Waals surface area contributed by atoms with Crippen LogP contribution in [0.25, 0.3) is 21.0 Å². The number of aryl methyl sites for hydroxylation is 2. The summed E-state index contributed by atoms with van der Waals surface area (Å²) in [6.45, 7) is 6.21. The van der Waals surface area contributed by atoms with E-state index >= 15 is 0 Å². The van der Waals surface area contributed by atoms with Crippen molar-refractivity contribution in [2.75, 3.05) is 0 Å². The molecular weight excluding hydrogens is 326 g/mol. The van der Waals surface area contributed by atoms with E-state index in [2.05, 4.69) is 57.2 Å². The second-order valence-electron chi connectivity index (χ2n) is 6.97. The minimum atomic E-state index is 0.191. The Labute approximate surface area is 153 Å². The van der Waals surface area contributed by atoms with Crippen LogP contribution in [-0.2, 0) is 12.8 Å². The molecular formula is C22H23NOS. The van der Waals surface area contributed by atoms with E-state index in [-0.39, 0.29) is 6.10 Å². The third kappa shape index (κ3) is 3.21. The summed E-state index contributed by atoms with van der Waals surface area (Å²) in [5, 5.41) is 1.07. The average molecular weight is 349 g/mol. The molecule has 0 bridgehead atoms.